The maximum atomic E-state index is 12.4. The second-order valence-electron chi connectivity index (χ2n) is 4.89. The Bertz CT molecular complexity index is 782. The summed E-state index contributed by atoms with van der Waals surface area (Å²) in [7, 11) is 0. The number of carbonyl (C=O) groups is 2. The Kier molecular flexibility index (Phi) is 4.54. The van der Waals surface area contributed by atoms with Crippen LogP contribution in [0.2, 0.25) is 5.02 Å². The van der Waals surface area contributed by atoms with E-state index in [0.29, 0.717) is 35.1 Å². The van der Waals surface area contributed by atoms with Gasteiger partial charge in [-0.3, -0.25) is 9.69 Å². The van der Waals surface area contributed by atoms with Crippen LogP contribution in [0.1, 0.15) is 10.4 Å². The first-order valence-corrected chi connectivity index (χ1v) is 8.02. The summed E-state index contributed by atoms with van der Waals surface area (Å²) < 4.78 is 5.74. The van der Waals surface area contributed by atoms with Crippen molar-refractivity contribution in [2.24, 2.45) is 0 Å². The largest absolute Gasteiger partial charge is 0.447 e. The van der Waals surface area contributed by atoms with Gasteiger partial charge in [-0.05, 0) is 36.4 Å². The van der Waals surface area contributed by atoms with Crippen LogP contribution in [0.4, 0.5) is 16.2 Å². The number of anilines is 2. The van der Waals surface area contributed by atoms with Crippen LogP contribution in [0.25, 0.3) is 0 Å². The van der Waals surface area contributed by atoms with Crippen LogP contribution in [0.5, 0.6) is 0 Å². The maximum Gasteiger partial charge on any atom is 0.414 e. The molecular formula is C16H12BrClN2O3. The van der Waals surface area contributed by atoms with Crippen molar-refractivity contribution in [3.63, 3.8) is 0 Å². The molecule has 2 aromatic rings. The SMILES string of the molecule is O=C(Nc1ccc(Br)cc1Cl)c1cccc(N2CCOC2=O)c1. The molecule has 0 unspecified atom stereocenters. The summed E-state index contributed by atoms with van der Waals surface area (Å²) in [6, 6.07) is 12.0. The lowest BCUT2D eigenvalue weighted by atomic mass is 10.1. The molecule has 0 spiro atoms. The second-order valence-corrected chi connectivity index (χ2v) is 6.22. The standard InChI is InChI=1S/C16H12BrClN2O3/c17-11-4-5-14(13(18)9-11)19-15(21)10-2-1-3-12(8-10)20-6-7-23-16(20)22/h1-5,8-9H,6-7H2,(H,19,21). The molecule has 0 saturated carbocycles. The second kappa shape index (κ2) is 6.60. The average Bonchev–Trinajstić information content (AvgIpc) is 2.96. The molecule has 1 heterocycles. The molecule has 1 fully saturated rings. The summed E-state index contributed by atoms with van der Waals surface area (Å²) in [5.74, 6) is -0.302. The van der Waals surface area contributed by atoms with Crippen molar-refractivity contribution in [1.82, 2.24) is 0 Å². The molecule has 0 aromatic heterocycles. The fourth-order valence-corrected chi connectivity index (χ4v) is 2.95. The number of ether oxygens (including phenoxy) is 1. The highest BCUT2D eigenvalue weighted by atomic mass is 79.9. The maximum absolute atomic E-state index is 12.4. The van der Waals surface area contributed by atoms with Gasteiger partial charge in [0.15, 0.2) is 0 Å². The number of nitrogens with one attached hydrogen (secondary N) is 1. The zero-order valence-electron chi connectivity index (χ0n) is 11.9. The minimum absolute atomic E-state index is 0.302. The van der Waals surface area contributed by atoms with E-state index < -0.39 is 6.09 Å². The highest BCUT2D eigenvalue weighted by Gasteiger charge is 2.24. The first kappa shape index (κ1) is 15.8. The third-order valence-corrected chi connectivity index (χ3v) is 4.17. The molecule has 3 rings (SSSR count). The lowest BCUT2D eigenvalue weighted by molar-refractivity contribution is 0.102. The lowest BCUT2D eigenvalue weighted by Gasteiger charge is -2.14. The minimum Gasteiger partial charge on any atom is -0.447 e. The molecule has 2 amide bonds. The van der Waals surface area contributed by atoms with Crippen LogP contribution >= 0.6 is 27.5 Å². The van der Waals surface area contributed by atoms with Crippen molar-refractivity contribution in [3.8, 4) is 0 Å². The number of cyclic esters (lactones) is 1. The predicted molar refractivity (Wildman–Crippen MR) is 92.2 cm³/mol. The molecule has 7 heteroatoms. The van der Waals surface area contributed by atoms with E-state index in [9.17, 15) is 9.59 Å². The average molecular weight is 396 g/mol. The highest BCUT2D eigenvalue weighted by molar-refractivity contribution is 9.10. The van der Waals surface area contributed by atoms with E-state index in [1.807, 2.05) is 0 Å². The Morgan fingerprint density at radius 3 is 2.78 bits per heavy atom. The van der Waals surface area contributed by atoms with E-state index in [4.69, 9.17) is 16.3 Å². The van der Waals surface area contributed by atoms with Gasteiger partial charge in [0, 0.05) is 15.7 Å². The van der Waals surface area contributed by atoms with Gasteiger partial charge in [0.25, 0.3) is 5.91 Å². The molecule has 0 radical (unpaired) electrons. The number of hydrogen-bond donors (Lipinski definition) is 1. The number of rotatable bonds is 3. The van der Waals surface area contributed by atoms with E-state index in [-0.39, 0.29) is 5.91 Å². The molecule has 0 bridgehead atoms. The van der Waals surface area contributed by atoms with Crippen LogP contribution in [0.15, 0.2) is 46.9 Å². The molecule has 1 aliphatic heterocycles. The number of nitrogens with zero attached hydrogens (tertiary/aromatic N) is 1. The predicted octanol–water partition coefficient (Wildman–Crippen LogP) is 4.31. The van der Waals surface area contributed by atoms with E-state index in [1.165, 1.54) is 4.90 Å². The van der Waals surface area contributed by atoms with Crippen LogP contribution in [-0.4, -0.2) is 25.2 Å². The van der Waals surface area contributed by atoms with Crippen molar-refractivity contribution in [1.29, 1.82) is 0 Å². The first-order valence-electron chi connectivity index (χ1n) is 6.85. The van der Waals surface area contributed by atoms with Crippen LogP contribution in [0, 0.1) is 0 Å². The van der Waals surface area contributed by atoms with Gasteiger partial charge in [-0.25, -0.2) is 4.79 Å². The number of benzene rings is 2. The Labute approximate surface area is 146 Å². The molecule has 1 aliphatic rings. The van der Waals surface area contributed by atoms with Crippen LogP contribution in [-0.2, 0) is 4.74 Å². The molecule has 23 heavy (non-hydrogen) atoms. The molecule has 0 atom stereocenters. The summed E-state index contributed by atoms with van der Waals surface area (Å²) in [4.78, 5) is 25.5. The van der Waals surface area contributed by atoms with Gasteiger partial charge in [0.1, 0.15) is 6.61 Å². The van der Waals surface area contributed by atoms with Gasteiger partial charge in [0.05, 0.1) is 17.3 Å². The fourth-order valence-electron chi connectivity index (χ4n) is 2.23. The molecule has 2 aromatic carbocycles. The van der Waals surface area contributed by atoms with Gasteiger partial charge >= 0.3 is 6.09 Å². The Balaban J connectivity index is 1.81. The van der Waals surface area contributed by atoms with Gasteiger partial charge in [-0.1, -0.05) is 33.6 Å². The smallest absolute Gasteiger partial charge is 0.414 e. The molecule has 118 valence electrons. The van der Waals surface area contributed by atoms with E-state index in [1.54, 1.807) is 42.5 Å². The van der Waals surface area contributed by atoms with Gasteiger partial charge in [-0.15, -0.1) is 0 Å². The van der Waals surface area contributed by atoms with Crippen molar-refractivity contribution in [2.75, 3.05) is 23.4 Å². The summed E-state index contributed by atoms with van der Waals surface area (Å²) in [6.07, 6.45) is -0.404. The Morgan fingerprint density at radius 1 is 1.26 bits per heavy atom. The summed E-state index contributed by atoms with van der Waals surface area (Å²) in [6.45, 7) is 0.826. The fraction of sp³-hybridized carbons (Fsp3) is 0.125. The Morgan fingerprint density at radius 2 is 2.09 bits per heavy atom. The van der Waals surface area contributed by atoms with Crippen LogP contribution < -0.4 is 10.2 Å². The third-order valence-electron chi connectivity index (χ3n) is 3.36. The monoisotopic (exact) mass is 394 g/mol. The summed E-state index contributed by atoms with van der Waals surface area (Å²) >= 11 is 9.41. The van der Waals surface area contributed by atoms with Gasteiger partial charge in [-0.2, -0.15) is 0 Å². The van der Waals surface area contributed by atoms with Gasteiger partial charge in [0.2, 0.25) is 0 Å². The first-order chi connectivity index (χ1) is 11.0. The summed E-state index contributed by atoms with van der Waals surface area (Å²) in [5.41, 5.74) is 1.58. The molecule has 0 aliphatic carbocycles. The molecular weight excluding hydrogens is 384 g/mol. The summed E-state index contributed by atoms with van der Waals surface area (Å²) in [5, 5.41) is 3.19. The minimum atomic E-state index is -0.404. The number of carbonyl (C=O) groups excluding carboxylic acids is 2. The lowest BCUT2D eigenvalue weighted by Crippen LogP contribution is -2.23. The zero-order valence-corrected chi connectivity index (χ0v) is 14.2. The third kappa shape index (κ3) is 3.48. The van der Waals surface area contributed by atoms with E-state index in [2.05, 4.69) is 21.2 Å². The normalized spacial score (nSPS) is 13.8. The van der Waals surface area contributed by atoms with Crippen LogP contribution in [0.3, 0.4) is 0 Å². The topological polar surface area (TPSA) is 58.6 Å². The Hall–Kier alpha value is -2.05. The highest BCUT2D eigenvalue weighted by Crippen LogP contribution is 2.26. The number of amides is 2. The van der Waals surface area contributed by atoms with Crippen molar-refractivity contribution in [2.45, 2.75) is 0 Å². The van der Waals surface area contributed by atoms with Crippen molar-refractivity contribution in [3.05, 3.63) is 57.5 Å². The number of halogens is 2. The van der Waals surface area contributed by atoms with E-state index >= 15 is 0 Å². The van der Waals surface area contributed by atoms with Crippen molar-refractivity contribution < 1.29 is 14.3 Å². The number of hydrogen-bond acceptors (Lipinski definition) is 3. The molecule has 5 nitrogen and oxygen atoms in total. The molecule has 1 saturated heterocycles. The quantitative estimate of drug-likeness (QED) is 0.842. The molecule has 1 N–H and O–H groups in total. The van der Waals surface area contributed by atoms with Gasteiger partial charge < -0.3 is 10.1 Å². The zero-order chi connectivity index (χ0) is 16.4. The van der Waals surface area contributed by atoms with Crippen molar-refractivity contribution >= 4 is 50.9 Å². The van der Waals surface area contributed by atoms with E-state index in [0.717, 1.165) is 4.47 Å².